The fourth-order valence-corrected chi connectivity index (χ4v) is 4.99. The molecule has 3 rings (SSSR count). The number of carbonyl (C=O) groups is 2. The van der Waals surface area contributed by atoms with Gasteiger partial charge < -0.3 is 14.2 Å². The van der Waals surface area contributed by atoms with E-state index in [1.54, 1.807) is 13.8 Å². The van der Waals surface area contributed by atoms with Crippen LogP contribution in [0.4, 0.5) is 0 Å². The molecule has 1 heterocycles. The highest BCUT2D eigenvalue weighted by Gasteiger charge is 2.59. The van der Waals surface area contributed by atoms with Gasteiger partial charge in [-0.1, -0.05) is 25.4 Å². The van der Waals surface area contributed by atoms with Gasteiger partial charge in [-0.25, -0.2) is 0 Å². The van der Waals surface area contributed by atoms with Crippen LogP contribution in [0.15, 0.2) is 17.0 Å². The summed E-state index contributed by atoms with van der Waals surface area (Å²) in [4.78, 5) is 25.7. The van der Waals surface area contributed by atoms with Crippen molar-refractivity contribution >= 4 is 34.0 Å². The number of rotatable bonds is 4. The van der Waals surface area contributed by atoms with Gasteiger partial charge in [0.1, 0.15) is 22.1 Å². The van der Waals surface area contributed by atoms with Crippen LogP contribution in [-0.2, 0) is 15.6 Å². The molecule has 26 heavy (non-hydrogen) atoms. The van der Waals surface area contributed by atoms with E-state index in [0.717, 1.165) is 0 Å². The normalized spacial score (nSPS) is 25.6. The van der Waals surface area contributed by atoms with E-state index in [0.29, 0.717) is 5.75 Å². The standard InChI is InChI=1S/C18H19ClO6S/c1-5-26(22)13-7-10(20)6-9(2)18(13)17(21)14-11(23-3)8-12(24-4)15(19)16(14)25-18/h7-9H,5-6H2,1-4H3/t9-,18-,26?/m1/s1. The second-order valence-corrected chi connectivity index (χ2v) is 8.27. The number of ether oxygens (including phenoxy) is 3. The van der Waals surface area contributed by atoms with Crippen molar-refractivity contribution in [3.05, 3.63) is 27.6 Å². The summed E-state index contributed by atoms with van der Waals surface area (Å²) < 4.78 is 29.3. The molecule has 6 nitrogen and oxygen atoms in total. The van der Waals surface area contributed by atoms with Gasteiger partial charge in [-0.2, -0.15) is 0 Å². The molecule has 1 aliphatic carbocycles. The van der Waals surface area contributed by atoms with Crippen LogP contribution < -0.4 is 14.2 Å². The third-order valence-electron chi connectivity index (χ3n) is 4.79. The first-order chi connectivity index (χ1) is 12.3. The maximum Gasteiger partial charge on any atom is 0.219 e. The number of fused-ring (bicyclic) bond motifs is 1. The maximum absolute atomic E-state index is 13.5. The molecule has 0 saturated heterocycles. The monoisotopic (exact) mass is 398 g/mol. The minimum Gasteiger partial charge on any atom is -0.496 e. The fourth-order valence-electron chi connectivity index (χ4n) is 3.48. The zero-order valence-electron chi connectivity index (χ0n) is 14.9. The van der Waals surface area contributed by atoms with Crippen LogP contribution in [0.25, 0.3) is 0 Å². The summed E-state index contributed by atoms with van der Waals surface area (Å²) in [5.74, 6) is -0.132. The highest BCUT2D eigenvalue weighted by atomic mass is 35.5. The van der Waals surface area contributed by atoms with Crippen molar-refractivity contribution in [2.45, 2.75) is 25.9 Å². The van der Waals surface area contributed by atoms with Crippen molar-refractivity contribution in [3.63, 3.8) is 0 Å². The molecule has 0 saturated carbocycles. The molecule has 0 N–H and O–H groups in total. The Morgan fingerprint density at radius 1 is 1.31 bits per heavy atom. The second kappa shape index (κ2) is 6.70. The lowest BCUT2D eigenvalue weighted by Gasteiger charge is -2.37. The lowest BCUT2D eigenvalue weighted by molar-refractivity contribution is -0.117. The van der Waals surface area contributed by atoms with Crippen molar-refractivity contribution in [2.24, 2.45) is 5.92 Å². The lowest BCUT2D eigenvalue weighted by atomic mass is 9.77. The van der Waals surface area contributed by atoms with Crippen molar-refractivity contribution in [3.8, 4) is 17.2 Å². The maximum atomic E-state index is 13.5. The van der Waals surface area contributed by atoms with Crippen molar-refractivity contribution in [1.29, 1.82) is 0 Å². The number of Topliss-reactive ketones (excluding diaryl/α,β-unsaturated/α-hetero) is 1. The average molecular weight is 399 g/mol. The van der Waals surface area contributed by atoms with Gasteiger partial charge in [0.2, 0.25) is 11.4 Å². The number of methoxy groups -OCH3 is 2. The number of allylic oxidation sites excluding steroid dienone is 1. The molecule has 3 atom stereocenters. The van der Waals surface area contributed by atoms with Crippen LogP contribution in [-0.4, -0.2) is 41.3 Å². The van der Waals surface area contributed by atoms with Gasteiger partial charge in [-0.05, 0) is 6.08 Å². The number of hydrogen-bond acceptors (Lipinski definition) is 6. The van der Waals surface area contributed by atoms with E-state index in [9.17, 15) is 13.8 Å². The molecular weight excluding hydrogens is 380 g/mol. The van der Waals surface area contributed by atoms with Crippen molar-refractivity contribution in [1.82, 2.24) is 0 Å². The number of benzene rings is 1. The topological polar surface area (TPSA) is 78.9 Å². The van der Waals surface area contributed by atoms with E-state index in [2.05, 4.69) is 0 Å². The fraction of sp³-hybridized carbons (Fsp3) is 0.444. The molecule has 0 radical (unpaired) electrons. The third-order valence-corrected chi connectivity index (χ3v) is 6.58. The van der Waals surface area contributed by atoms with Crippen molar-refractivity contribution in [2.75, 3.05) is 20.0 Å². The van der Waals surface area contributed by atoms with E-state index < -0.39 is 28.1 Å². The van der Waals surface area contributed by atoms with Crippen LogP contribution >= 0.6 is 11.6 Å². The van der Waals surface area contributed by atoms with E-state index in [1.165, 1.54) is 26.4 Å². The van der Waals surface area contributed by atoms with Crippen LogP contribution in [0.3, 0.4) is 0 Å². The van der Waals surface area contributed by atoms with Crippen molar-refractivity contribution < 1.29 is 28.0 Å². The molecule has 0 aromatic heterocycles. The summed E-state index contributed by atoms with van der Waals surface area (Å²) in [6, 6.07) is 1.51. The molecule has 1 aliphatic heterocycles. The smallest absolute Gasteiger partial charge is 0.219 e. The predicted molar refractivity (Wildman–Crippen MR) is 97.8 cm³/mol. The minimum absolute atomic E-state index is 0.112. The Bertz CT molecular complexity index is 862. The molecule has 1 spiro atoms. The Morgan fingerprint density at radius 3 is 2.54 bits per heavy atom. The van der Waals surface area contributed by atoms with E-state index in [1.807, 2.05) is 0 Å². The first-order valence-corrected chi connectivity index (χ1v) is 9.83. The Labute approximate surface area is 158 Å². The summed E-state index contributed by atoms with van der Waals surface area (Å²) >= 11 is 6.37. The molecule has 1 aromatic carbocycles. The molecule has 8 heteroatoms. The number of hydrogen-bond donors (Lipinski definition) is 0. The SMILES string of the molecule is CCS(=O)C1=CC(=O)C[C@@H](C)[C@@]12Oc1c(Cl)c(OC)cc(OC)c1C2=O. The van der Waals surface area contributed by atoms with E-state index in [-0.39, 0.29) is 44.9 Å². The lowest BCUT2D eigenvalue weighted by Crippen LogP contribution is -2.52. The number of carbonyl (C=O) groups excluding carboxylic acids is 2. The highest BCUT2D eigenvalue weighted by molar-refractivity contribution is 7.89. The Balaban J connectivity index is 2.28. The summed E-state index contributed by atoms with van der Waals surface area (Å²) in [5.41, 5.74) is -1.35. The summed E-state index contributed by atoms with van der Waals surface area (Å²) in [6.45, 7) is 3.46. The quantitative estimate of drug-likeness (QED) is 0.775. The largest absolute Gasteiger partial charge is 0.496 e. The van der Waals surface area contributed by atoms with Gasteiger partial charge in [-0.3, -0.25) is 13.8 Å². The van der Waals surface area contributed by atoms with Gasteiger partial charge >= 0.3 is 0 Å². The first-order valence-electron chi connectivity index (χ1n) is 8.13. The molecule has 0 fully saturated rings. The molecule has 1 aromatic rings. The van der Waals surface area contributed by atoms with E-state index >= 15 is 0 Å². The van der Waals surface area contributed by atoms with Gasteiger partial charge in [0, 0.05) is 24.2 Å². The number of halogens is 1. The zero-order chi connectivity index (χ0) is 19.2. The third kappa shape index (κ3) is 2.48. The molecule has 140 valence electrons. The molecule has 0 bridgehead atoms. The number of ketones is 2. The Morgan fingerprint density at radius 2 is 1.96 bits per heavy atom. The summed E-state index contributed by atoms with van der Waals surface area (Å²) in [7, 11) is 1.33. The highest BCUT2D eigenvalue weighted by Crippen LogP contribution is 2.54. The van der Waals surface area contributed by atoms with Crippen LogP contribution in [0.5, 0.6) is 17.2 Å². The average Bonchev–Trinajstić information content (AvgIpc) is 2.93. The zero-order valence-corrected chi connectivity index (χ0v) is 16.5. The Hall–Kier alpha value is -1.86. The van der Waals surface area contributed by atoms with Gasteiger partial charge in [0.15, 0.2) is 11.5 Å². The Kier molecular flexibility index (Phi) is 4.88. The summed E-state index contributed by atoms with van der Waals surface area (Å²) in [6.07, 6.45) is 1.39. The minimum atomic E-state index is -1.54. The van der Waals surface area contributed by atoms with Crippen LogP contribution in [0, 0.1) is 5.92 Å². The van der Waals surface area contributed by atoms with Gasteiger partial charge in [-0.15, -0.1) is 0 Å². The van der Waals surface area contributed by atoms with Crippen LogP contribution in [0.1, 0.15) is 30.6 Å². The summed E-state index contributed by atoms with van der Waals surface area (Å²) in [5, 5.41) is 0.138. The van der Waals surface area contributed by atoms with Gasteiger partial charge in [0.05, 0.1) is 29.9 Å². The molecule has 0 amide bonds. The predicted octanol–water partition coefficient (Wildman–Crippen LogP) is 2.93. The van der Waals surface area contributed by atoms with E-state index in [4.69, 9.17) is 25.8 Å². The molecule has 2 aliphatic rings. The van der Waals surface area contributed by atoms with Crippen LogP contribution in [0.2, 0.25) is 5.02 Å². The van der Waals surface area contributed by atoms with Gasteiger partial charge in [0.25, 0.3) is 0 Å². The first kappa shape index (κ1) is 18.9. The second-order valence-electron chi connectivity index (χ2n) is 6.18. The molecular formula is C18H19ClO6S. The molecule has 1 unspecified atom stereocenters.